The maximum absolute atomic E-state index is 10.7. The summed E-state index contributed by atoms with van der Waals surface area (Å²) >= 11 is 0. The van der Waals surface area contributed by atoms with Gasteiger partial charge in [-0.3, -0.25) is 10.1 Å². The molecule has 1 aromatic rings. The lowest BCUT2D eigenvalue weighted by molar-refractivity contribution is -0.385. The van der Waals surface area contributed by atoms with Crippen molar-refractivity contribution in [3.63, 3.8) is 0 Å². The molecule has 1 rings (SSSR count). The minimum absolute atomic E-state index is 0.0417. The van der Waals surface area contributed by atoms with E-state index in [4.69, 9.17) is 5.11 Å². The molecule has 0 radical (unpaired) electrons. The van der Waals surface area contributed by atoms with Crippen LogP contribution in [0.1, 0.15) is 12.5 Å². The van der Waals surface area contributed by atoms with Crippen LogP contribution < -0.4 is 5.32 Å². The summed E-state index contributed by atoms with van der Waals surface area (Å²) in [6, 6.07) is 6.14. The van der Waals surface area contributed by atoms with E-state index in [-0.39, 0.29) is 18.8 Å². The molecule has 7 nitrogen and oxygen atoms in total. The predicted octanol–water partition coefficient (Wildman–Crippen LogP) is 0.520. The lowest BCUT2D eigenvalue weighted by atomic mass is 10.1. The number of nitro groups is 1. The fraction of sp³-hybridized carbons (Fsp3) is 0.364. The number of nitrogens with one attached hydrogen (secondary N) is 1. The van der Waals surface area contributed by atoms with Crippen molar-refractivity contribution in [2.24, 2.45) is 0 Å². The predicted molar refractivity (Wildman–Crippen MR) is 63.1 cm³/mol. The zero-order chi connectivity index (χ0) is 13.8. The molecule has 0 aliphatic heterocycles. The van der Waals surface area contributed by atoms with Crippen LogP contribution in [-0.4, -0.2) is 33.3 Å². The first kappa shape index (κ1) is 14.1. The van der Waals surface area contributed by atoms with Crippen molar-refractivity contribution in [2.75, 3.05) is 6.54 Å². The normalized spacial score (nSPS) is 13.9. The molecule has 18 heavy (non-hydrogen) atoms. The highest BCUT2D eigenvalue weighted by Gasteiger charge is 2.29. The maximum atomic E-state index is 10.7. The van der Waals surface area contributed by atoms with E-state index in [2.05, 4.69) is 5.32 Å². The van der Waals surface area contributed by atoms with Crippen LogP contribution in [0.15, 0.2) is 24.3 Å². The number of hydrogen-bond donors (Lipinski definition) is 3. The zero-order valence-corrected chi connectivity index (χ0v) is 9.79. The highest BCUT2D eigenvalue weighted by atomic mass is 16.6. The molecule has 0 aromatic heterocycles. The van der Waals surface area contributed by atoms with Gasteiger partial charge in [0.1, 0.15) is 0 Å². The van der Waals surface area contributed by atoms with Crippen molar-refractivity contribution in [1.82, 2.24) is 5.32 Å². The number of aliphatic hydroxyl groups is 1. The summed E-state index contributed by atoms with van der Waals surface area (Å²) < 4.78 is 0. The van der Waals surface area contributed by atoms with Gasteiger partial charge in [-0.1, -0.05) is 18.2 Å². The summed E-state index contributed by atoms with van der Waals surface area (Å²) in [7, 11) is 0. The summed E-state index contributed by atoms with van der Waals surface area (Å²) in [6.45, 7) is 1.07. The Hall–Kier alpha value is -1.99. The first-order chi connectivity index (χ1) is 8.34. The SMILES string of the molecule is CC(O)(CNCc1ccccc1[N+](=O)[O-])C(=O)O. The van der Waals surface area contributed by atoms with Gasteiger partial charge in [-0.25, -0.2) is 4.79 Å². The molecule has 0 heterocycles. The molecule has 0 saturated carbocycles. The Morgan fingerprint density at radius 1 is 1.50 bits per heavy atom. The fourth-order valence-electron chi connectivity index (χ4n) is 1.35. The van der Waals surface area contributed by atoms with E-state index >= 15 is 0 Å². The number of para-hydroxylation sites is 1. The molecule has 0 aliphatic rings. The molecule has 0 amide bonds. The molecule has 0 fully saturated rings. The van der Waals surface area contributed by atoms with E-state index in [1.807, 2.05) is 0 Å². The van der Waals surface area contributed by atoms with Gasteiger partial charge in [0, 0.05) is 24.7 Å². The molecule has 0 aliphatic carbocycles. The molecular weight excluding hydrogens is 240 g/mol. The Morgan fingerprint density at radius 3 is 2.67 bits per heavy atom. The first-order valence-corrected chi connectivity index (χ1v) is 5.23. The Labute approximate surface area is 103 Å². The van der Waals surface area contributed by atoms with E-state index in [1.165, 1.54) is 6.07 Å². The van der Waals surface area contributed by atoms with Crippen LogP contribution in [0.4, 0.5) is 5.69 Å². The average Bonchev–Trinajstić information content (AvgIpc) is 2.29. The number of rotatable bonds is 6. The summed E-state index contributed by atoms with van der Waals surface area (Å²) in [4.78, 5) is 20.9. The number of carbonyl (C=O) groups is 1. The van der Waals surface area contributed by atoms with Crippen LogP contribution in [-0.2, 0) is 11.3 Å². The van der Waals surface area contributed by atoms with Crippen molar-refractivity contribution in [3.05, 3.63) is 39.9 Å². The Balaban J connectivity index is 2.65. The van der Waals surface area contributed by atoms with Gasteiger partial charge in [0.25, 0.3) is 5.69 Å². The molecule has 3 N–H and O–H groups in total. The zero-order valence-electron chi connectivity index (χ0n) is 9.79. The number of benzene rings is 1. The monoisotopic (exact) mass is 254 g/mol. The third-order valence-corrected chi connectivity index (χ3v) is 2.43. The summed E-state index contributed by atoms with van der Waals surface area (Å²) in [5.74, 6) is -1.35. The van der Waals surface area contributed by atoms with Crippen molar-refractivity contribution < 1.29 is 19.9 Å². The average molecular weight is 254 g/mol. The van der Waals surface area contributed by atoms with Crippen molar-refractivity contribution >= 4 is 11.7 Å². The number of nitro benzene ring substituents is 1. The molecule has 1 aromatic carbocycles. The van der Waals surface area contributed by atoms with Crippen LogP contribution in [0.5, 0.6) is 0 Å². The second-order valence-electron chi connectivity index (χ2n) is 4.07. The fourth-order valence-corrected chi connectivity index (χ4v) is 1.35. The van der Waals surface area contributed by atoms with Crippen molar-refractivity contribution in [1.29, 1.82) is 0 Å². The molecule has 1 atom stereocenters. The minimum Gasteiger partial charge on any atom is -0.479 e. The molecule has 0 spiro atoms. The van der Waals surface area contributed by atoms with Crippen LogP contribution in [0.3, 0.4) is 0 Å². The Kier molecular flexibility index (Phi) is 4.35. The lowest BCUT2D eigenvalue weighted by Gasteiger charge is -2.18. The van der Waals surface area contributed by atoms with Gasteiger partial charge in [0.2, 0.25) is 0 Å². The van der Waals surface area contributed by atoms with E-state index in [1.54, 1.807) is 18.2 Å². The van der Waals surface area contributed by atoms with Crippen molar-refractivity contribution in [2.45, 2.75) is 19.1 Å². The highest BCUT2D eigenvalue weighted by Crippen LogP contribution is 2.17. The second-order valence-corrected chi connectivity index (χ2v) is 4.07. The summed E-state index contributed by atoms with van der Waals surface area (Å²) in [6.07, 6.45) is 0. The van der Waals surface area contributed by atoms with E-state index < -0.39 is 16.5 Å². The number of nitrogens with zero attached hydrogens (tertiary/aromatic N) is 1. The summed E-state index contributed by atoms with van der Waals surface area (Å²) in [5.41, 5.74) is -1.51. The number of carboxylic acids is 1. The third-order valence-electron chi connectivity index (χ3n) is 2.43. The Morgan fingerprint density at radius 2 is 2.11 bits per heavy atom. The van der Waals surface area contributed by atoms with Gasteiger partial charge in [-0.2, -0.15) is 0 Å². The smallest absolute Gasteiger partial charge is 0.336 e. The van der Waals surface area contributed by atoms with Crippen LogP contribution in [0.25, 0.3) is 0 Å². The standard InChI is InChI=1S/C11H14N2O5/c1-11(16,10(14)15)7-12-6-8-4-2-3-5-9(8)13(17)18/h2-5,12,16H,6-7H2,1H3,(H,14,15). The third kappa shape index (κ3) is 3.51. The number of carboxylic acid groups (broad SMARTS) is 1. The van der Waals surface area contributed by atoms with Crippen molar-refractivity contribution in [3.8, 4) is 0 Å². The van der Waals surface area contributed by atoms with Gasteiger partial charge < -0.3 is 15.5 Å². The van der Waals surface area contributed by atoms with E-state index in [0.717, 1.165) is 6.92 Å². The van der Waals surface area contributed by atoms with E-state index in [9.17, 15) is 20.0 Å². The Bertz CT molecular complexity index is 459. The number of aliphatic carboxylic acids is 1. The number of hydrogen-bond acceptors (Lipinski definition) is 5. The molecule has 0 bridgehead atoms. The molecule has 0 saturated heterocycles. The molecule has 1 unspecified atom stereocenters. The van der Waals surface area contributed by atoms with Crippen LogP contribution in [0.2, 0.25) is 0 Å². The van der Waals surface area contributed by atoms with Gasteiger partial charge >= 0.3 is 5.97 Å². The first-order valence-electron chi connectivity index (χ1n) is 5.23. The minimum atomic E-state index is -1.90. The van der Waals surface area contributed by atoms with E-state index in [0.29, 0.717) is 5.56 Å². The molecule has 7 heteroatoms. The second kappa shape index (κ2) is 5.56. The highest BCUT2D eigenvalue weighted by molar-refractivity contribution is 5.76. The quantitative estimate of drug-likeness (QED) is 0.504. The van der Waals surface area contributed by atoms with Gasteiger partial charge in [-0.15, -0.1) is 0 Å². The topological polar surface area (TPSA) is 113 Å². The van der Waals surface area contributed by atoms with Crippen LogP contribution in [0, 0.1) is 10.1 Å². The lowest BCUT2D eigenvalue weighted by Crippen LogP contribution is -2.44. The van der Waals surface area contributed by atoms with Crippen LogP contribution >= 0.6 is 0 Å². The van der Waals surface area contributed by atoms with Gasteiger partial charge in [0.15, 0.2) is 5.60 Å². The van der Waals surface area contributed by atoms with Gasteiger partial charge in [0.05, 0.1) is 4.92 Å². The molecular formula is C11H14N2O5. The summed E-state index contributed by atoms with van der Waals surface area (Å²) in [5, 5.41) is 31.5. The largest absolute Gasteiger partial charge is 0.479 e. The van der Waals surface area contributed by atoms with Gasteiger partial charge in [-0.05, 0) is 6.92 Å². The maximum Gasteiger partial charge on any atom is 0.336 e. The molecule has 98 valence electrons.